The molecule has 0 radical (unpaired) electrons. The largest absolute Gasteiger partial charge is 0.492 e. The lowest BCUT2D eigenvalue weighted by atomic mass is 10.1. The SMILES string of the molecule is Cc1ccc(OCCC(=O)NC(C)c2ccc(NC(=O)NC3CC3)cc2)c(Br)c1. The predicted molar refractivity (Wildman–Crippen MR) is 117 cm³/mol. The van der Waals surface area contributed by atoms with Crippen LogP contribution < -0.4 is 20.7 Å². The molecule has 1 aliphatic rings. The fourth-order valence-corrected chi connectivity index (χ4v) is 3.42. The quantitative estimate of drug-likeness (QED) is 0.535. The van der Waals surface area contributed by atoms with E-state index in [1.807, 2.05) is 56.3 Å². The van der Waals surface area contributed by atoms with Gasteiger partial charge in [-0.1, -0.05) is 18.2 Å². The lowest BCUT2D eigenvalue weighted by Crippen LogP contribution is -2.30. The van der Waals surface area contributed by atoms with Gasteiger partial charge >= 0.3 is 6.03 Å². The van der Waals surface area contributed by atoms with Gasteiger partial charge in [-0.05, 0) is 78.0 Å². The maximum Gasteiger partial charge on any atom is 0.319 e. The Morgan fingerprint density at radius 2 is 1.90 bits per heavy atom. The molecule has 7 heteroatoms. The lowest BCUT2D eigenvalue weighted by molar-refractivity contribution is -0.122. The van der Waals surface area contributed by atoms with Gasteiger partial charge in [0.25, 0.3) is 0 Å². The maximum atomic E-state index is 12.2. The van der Waals surface area contributed by atoms with E-state index in [0.717, 1.165) is 39.9 Å². The number of ether oxygens (including phenoxy) is 1. The molecule has 3 rings (SSSR count). The average Bonchev–Trinajstić information content (AvgIpc) is 3.48. The summed E-state index contributed by atoms with van der Waals surface area (Å²) in [6, 6.07) is 13.3. The van der Waals surface area contributed by atoms with E-state index in [2.05, 4.69) is 31.9 Å². The zero-order chi connectivity index (χ0) is 20.8. The first kappa shape index (κ1) is 21.2. The van der Waals surface area contributed by atoms with Gasteiger partial charge in [-0.2, -0.15) is 0 Å². The first-order valence-corrected chi connectivity index (χ1v) is 10.6. The molecule has 1 aliphatic carbocycles. The highest BCUT2D eigenvalue weighted by Gasteiger charge is 2.23. The van der Waals surface area contributed by atoms with E-state index in [4.69, 9.17) is 4.74 Å². The first-order chi connectivity index (χ1) is 13.9. The van der Waals surface area contributed by atoms with E-state index in [1.54, 1.807) is 0 Å². The van der Waals surface area contributed by atoms with E-state index < -0.39 is 0 Å². The number of amides is 3. The number of anilines is 1. The fraction of sp³-hybridized carbons (Fsp3) is 0.364. The van der Waals surface area contributed by atoms with Crippen molar-refractivity contribution in [2.75, 3.05) is 11.9 Å². The van der Waals surface area contributed by atoms with Crippen molar-refractivity contribution < 1.29 is 14.3 Å². The van der Waals surface area contributed by atoms with Gasteiger partial charge in [0, 0.05) is 11.7 Å². The summed E-state index contributed by atoms with van der Waals surface area (Å²) >= 11 is 3.46. The number of carbonyl (C=O) groups excluding carboxylic acids is 2. The molecule has 0 saturated heterocycles. The fourth-order valence-electron chi connectivity index (χ4n) is 2.81. The average molecular weight is 460 g/mol. The van der Waals surface area contributed by atoms with Crippen molar-refractivity contribution in [1.82, 2.24) is 10.6 Å². The number of benzene rings is 2. The summed E-state index contributed by atoms with van der Waals surface area (Å²) in [5.41, 5.74) is 2.83. The summed E-state index contributed by atoms with van der Waals surface area (Å²) in [6.07, 6.45) is 2.37. The third-order valence-corrected chi connectivity index (χ3v) is 5.25. The smallest absolute Gasteiger partial charge is 0.319 e. The van der Waals surface area contributed by atoms with E-state index in [1.165, 1.54) is 0 Å². The number of rotatable bonds is 8. The molecule has 154 valence electrons. The van der Waals surface area contributed by atoms with Gasteiger partial charge in [-0.25, -0.2) is 4.79 Å². The molecule has 1 atom stereocenters. The van der Waals surface area contributed by atoms with Crippen molar-refractivity contribution in [3.63, 3.8) is 0 Å². The normalized spacial score (nSPS) is 14.0. The summed E-state index contributed by atoms with van der Waals surface area (Å²) in [4.78, 5) is 24.0. The van der Waals surface area contributed by atoms with Gasteiger partial charge in [0.1, 0.15) is 5.75 Å². The zero-order valence-corrected chi connectivity index (χ0v) is 18.2. The van der Waals surface area contributed by atoms with Gasteiger partial charge in [0.15, 0.2) is 0 Å². The number of urea groups is 1. The van der Waals surface area contributed by atoms with Crippen LogP contribution in [0.5, 0.6) is 5.75 Å². The Morgan fingerprint density at radius 3 is 2.55 bits per heavy atom. The van der Waals surface area contributed by atoms with E-state index in [9.17, 15) is 9.59 Å². The number of aryl methyl sites for hydroxylation is 1. The van der Waals surface area contributed by atoms with Crippen LogP contribution in [0.4, 0.5) is 10.5 Å². The molecule has 2 aromatic carbocycles. The molecule has 0 aliphatic heterocycles. The van der Waals surface area contributed by atoms with E-state index in [0.29, 0.717) is 12.6 Å². The molecule has 1 saturated carbocycles. The van der Waals surface area contributed by atoms with E-state index >= 15 is 0 Å². The third-order valence-electron chi connectivity index (χ3n) is 4.63. The van der Waals surface area contributed by atoms with Gasteiger partial charge in [-0.15, -0.1) is 0 Å². The van der Waals surface area contributed by atoms with Gasteiger partial charge in [0.05, 0.1) is 23.5 Å². The highest BCUT2D eigenvalue weighted by molar-refractivity contribution is 9.10. The summed E-state index contributed by atoms with van der Waals surface area (Å²) in [7, 11) is 0. The monoisotopic (exact) mass is 459 g/mol. The molecule has 1 unspecified atom stereocenters. The van der Waals surface area contributed by atoms with Crippen molar-refractivity contribution in [1.29, 1.82) is 0 Å². The van der Waals surface area contributed by atoms with Gasteiger partial charge in [0.2, 0.25) is 5.91 Å². The van der Waals surface area contributed by atoms with Crippen LogP contribution in [0.1, 0.15) is 43.4 Å². The Kier molecular flexibility index (Phi) is 7.14. The molecule has 0 heterocycles. The minimum absolute atomic E-state index is 0.0771. The molecule has 0 bridgehead atoms. The Bertz CT molecular complexity index is 866. The molecule has 3 amide bonds. The molecular weight excluding hydrogens is 434 g/mol. The van der Waals surface area contributed by atoms with Crippen LogP contribution >= 0.6 is 15.9 Å². The summed E-state index contributed by atoms with van der Waals surface area (Å²) in [5.74, 6) is 0.650. The summed E-state index contributed by atoms with van der Waals surface area (Å²) in [5, 5.41) is 8.67. The molecule has 29 heavy (non-hydrogen) atoms. The molecule has 2 aromatic rings. The molecule has 0 aromatic heterocycles. The highest BCUT2D eigenvalue weighted by atomic mass is 79.9. The van der Waals surface area contributed by atoms with Crippen LogP contribution in [0.2, 0.25) is 0 Å². The lowest BCUT2D eigenvalue weighted by Gasteiger charge is -2.15. The topological polar surface area (TPSA) is 79.5 Å². The van der Waals surface area contributed by atoms with Crippen molar-refractivity contribution in [2.45, 2.75) is 45.2 Å². The van der Waals surface area contributed by atoms with Crippen molar-refractivity contribution in [3.8, 4) is 5.75 Å². The molecule has 0 spiro atoms. The Balaban J connectivity index is 1.42. The second kappa shape index (κ2) is 9.78. The van der Waals surface area contributed by atoms with Crippen molar-refractivity contribution in [2.24, 2.45) is 0 Å². The Morgan fingerprint density at radius 1 is 1.17 bits per heavy atom. The second-order valence-corrected chi connectivity index (χ2v) is 8.17. The minimum atomic E-state index is -0.179. The van der Waals surface area contributed by atoms with Crippen LogP contribution in [0.15, 0.2) is 46.9 Å². The molecular formula is C22H26BrN3O3. The number of carbonyl (C=O) groups is 2. The Hall–Kier alpha value is -2.54. The van der Waals surface area contributed by atoms with Crippen molar-refractivity contribution in [3.05, 3.63) is 58.1 Å². The van der Waals surface area contributed by atoms with E-state index in [-0.39, 0.29) is 24.4 Å². The molecule has 1 fully saturated rings. The second-order valence-electron chi connectivity index (χ2n) is 7.32. The highest BCUT2D eigenvalue weighted by Crippen LogP contribution is 2.26. The van der Waals surface area contributed by atoms with Crippen LogP contribution in [-0.2, 0) is 4.79 Å². The maximum absolute atomic E-state index is 12.2. The first-order valence-electron chi connectivity index (χ1n) is 9.76. The predicted octanol–water partition coefficient (Wildman–Crippen LogP) is 4.69. The van der Waals surface area contributed by atoms with Crippen LogP contribution in [0.25, 0.3) is 0 Å². The van der Waals surface area contributed by atoms with Crippen LogP contribution in [0, 0.1) is 6.92 Å². The van der Waals surface area contributed by atoms with Crippen LogP contribution in [0.3, 0.4) is 0 Å². The van der Waals surface area contributed by atoms with Crippen molar-refractivity contribution >= 4 is 33.6 Å². The minimum Gasteiger partial charge on any atom is -0.492 e. The van der Waals surface area contributed by atoms with Gasteiger partial charge in [-0.3, -0.25) is 4.79 Å². The van der Waals surface area contributed by atoms with Crippen LogP contribution in [-0.4, -0.2) is 24.6 Å². The number of nitrogens with one attached hydrogen (secondary N) is 3. The Labute approximate surface area is 179 Å². The summed E-state index contributed by atoms with van der Waals surface area (Å²) in [6.45, 7) is 4.24. The zero-order valence-electron chi connectivity index (χ0n) is 16.6. The molecule has 6 nitrogen and oxygen atoms in total. The number of halogens is 1. The number of hydrogen-bond acceptors (Lipinski definition) is 3. The number of hydrogen-bond donors (Lipinski definition) is 3. The van der Waals surface area contributed by atoms with Gasteiger partial charge < -0.3 is 20.7 Å². The third kappa shape index (κ3) is 6.78. The standard InChI is InChI=1S/C22H26BrN3O3/c1-14-3-10-20(19(23)13-14)29-12-11-21(27)24-15(2)16-4-6-17(7-5-16)25-22(28)26-18-8-9-18/h3-7,10,13,15,18H,8-9,11-12H2,1-2H3,(H,24,27)(H2,25,26,28). The summed E-state index contributed by atoms with van der Waals surface area (Å²) < 4.78 is 6.56. The molecule has 3 N–H and O–H groups in total.